The summed E-state index contributed by atoms with van der Waals surface area (Å²) in [5.41, 5.74) is 2.28. The summed E-state index contributed by atoms with van der Waals surface area (Å²) in [5.74, 6) is -1.12. The maximum Gasteiger partial charge on any atom is 0.341 e. The zero-order chi connectivity index (χ0) is 21.0. The van der Waals surface area contributed by atoms with Gasteiger partial charge in [0.05, 0.1) is 17.6 Å². The van der Waals surface area contributed by atoms with Gasteiger partial charge in [0.25, 0.3) is 11.8 Å². The second kappa shape index (κ2) is 9.22. The van der Waals surface area contributed by atoms with E-state index in [2.05, 4.69) is 10.6 Å². The molecule has 1 aliphatic rings. The van der Waals surface area contributed by atoms with Gasteiger partial charge in [0.2, 0.25) is 0 Å². The quantitative estimate of drug-likeness (QED) is 0.707. The second-order valence-corrected chi connectivity index (χ2v) is 8.40. The van der Waals surface area contributed by atoms with Gasteiger partial charge in [-0.15, -0.1) is 11.3 Å². The Morgan fingerprint density at radius 1 is 1.00 bits per heavy atom. The van der Waals surface area contributed by atoms with Crippen molar-refractivity contribution in [3.8, 4) is 0 Å². The molecule has 1 heterocycles. The number of nitrogens with one attached hydrogen (secondary N) is 2. The van der Waals surface area contributed by atoms with Crippen molar-refractivity contribution in [3.63, 3.8) is 0 Å². The predicted octanol–water partition coefficient (Wildman–Crippen LogP) is 4.47. The molecule has 6 nitrogen and oxygen atoms in total. The highest BCUT2D eigenvalue weighted by Gasteiger charge is 2.27. The van der Waals surface area contributed by atoms with Gasteiger partial charge in [-0.3, -0.25) is 9.59 Å². The van der Waals surface area contributed by atoms with Gasteiger partial charge in [0.1, 0.15) is 5.00 Å². The highest BCUT2D eigenvalue weighted by atomic mass is 32.1. The Hall–Kier alpha value is -2.67. The van der Waals surface area contributed by atoms with Crippen LogP contribution < -0.4 is 10.6 Å². The minimum Gasteiger partial charge on any atom is -0.465 e. The fourth-order valence-electron chi connectivity index (χ4n) is 3.54. The molecule has 0 saturated heterocycles. The third kappa shape index (κ3) is 4.85. The van der Waals surface area contributed by atoms with Crippen molar-refractivity contribution in [1.82, 2.24) is 5.32 Å². The van der Waals surface area contributed by atoms with Gasteiger partial charge in [-0.05, 0) is 44.4 Å². The van der Waals surface area contributed by atoms with E-state index in [0.717, 1.165) is 42.6 Å². The van der Waals surface area contributed by atoms with Crippen molar-refractivity contribution in [2.45, 2.75) is 52.0 Å². The summed E-state index contributed by atoms with van der Waals surface area (Å²) in [6, 6.07) is 7.29. The van der Waals surface area contributed by atoms with Crippen LogP contribution in [0.2, 0.25) is 0 Å². The number of thiophene rings is 1. The molecule has 1 aromatic carbocycles. The summed E-state index contributed by atoms with van der Waals surface area (Å²) in [5, 5.41) is 6.18. The number of anilines is 1. The summed E-state index contributed by atoms with van der Waals surface area (Å²) >= 11 is 1.11. The van der Waals surface area contributed by atoms with Gasteiger partial charge in [-0.25, -0.2) is 4.79 Å². The molecule has 154 valence electrons. The van der Waals surface area contributed by atoms with Crippen LogP contribution in [0.1, 0.15) is 73.6 Å². The van der Waals surface area contributed by atoms with Crippen LogP contribution in [0.15, 0.2) is 24.3 Å². The van der Waals surface area contributed by atoms with Crippen LogP contribution in [0.4, 0.5) is 5.00 Å². The van der Waals surface area contributed by atoms with Crippen LogP contribution >= 0.6 is 11.3 Å². The van der Waals surface area contributed by atoms with Gasteiger partial charge < -0.3 is 15.4 Å². The van der Waals surface area contributed by atoms with Crippen LogP contribution in [-0.2, 0) is 4.74 Å². The first-order chi connectivity index (χ1) is 13.9. The Morgan fingerprint density at radius 3 is 2.28 bits per heavy atom. The Kier molecular flexibility index (Phi) is 6.69. The van der Waals surface area contributed by atoms with Crippen molar-refractivity contribution >= 4 is 34.1 Å². The summed E-state index contributed by atoms with van der Waals surface area (Å²) in [6.07, 6.45) is 5.36. The summed E-state index contributed by atoms with van der Waals surface area (Å²) in [6.45, 7) is 3.65. The zero-order valence-electron chi connectivity index (χ0n) is 17.0. The van der Waals surface area contributed by atoms with E-state index >= 15 is 0 Å². The maximum absolute atomic E-state index is 12.8. The van der Waals surface area contributed by atoms with E-state index in [9.17, 15) is 14.4 Å². The molecule has 3 rings (SSSR count). The van der Waals surface area contributed by atoms with Crippen molar-refractivity contribution in [3.05, 3.63) is 51.4 Å². The molecule has 0 bridgehead atoms. The molecule has 2 N–H and O–H groups in total. The molecule has 0 aliphatic heterocycles. The minimum absolute atomic E-state index is 0.157. The van der Waals surface area contributed by atoms with E-state index in [0.29, 0.717) is 21.0 Å². The lowest BCUT2D eigenvalue weighted by molar-refractivity contribution is 0.0601. The first kappa shape index (κ1) is 21.0. The molecule has 0 unspecified atom stereocenters. The number of ether oxygens (including phenoxy) is 1. The number of aryl methyl sites for hydroxylation is 1. The van der Waals surface area contributed by atoms with E-state index in [1.807, 2.05) is 19.1 Å². The number of methoxy groups -OCH3 is 1. The average Bonchev–Trinajstić information content (AvgIpc) is 3.04. The standard InChI is InChI=1S/C22H26N2O4S/c1-13-9-11-15(12-10-13)19(25)24-21-17(22(27)28-3)14(2)18(29-21)20(26)23-16-7-5-4-6-8-16/h9-12,16H,4-8H2,1-3H3,(H,23,26)(H,24,25). The van der Waals surface area contributed by atoms with Crippen LogP contribution in [-0.4, -0.2) is 30.9 Å². The molecule has 1 saturated carbocycles. The van der Waals surface area contributed by atoms with Crippen molar-refractivity contribution in [2.75, 3.05) is 12.4 Å². The number of amides is 2. The first-order valence-corrected chi connectivity index (χ1v) is 10.6. The van der Waals surface area contributed by atoms with E-state index < -0.39 is 5.97 Å². The molecule has 0 atom stereocenters. The highest BCUT2D eigenvalue weighted by Crippen LogP contribution is 2.34. The maximum atomic E-state index is 12.8. The molecule has 1 fully saturated rings. The van der Waals surface area contributed by atoms with Crippen molar-refractivity contribution in [2.24, 2.45) is 0 Å². The van der Waals surface area contributed by atoms with Crippen molar-refractivity contribution < 1.29 is 19.1 Å². The van der Waals surface area contributed by atoms with Crippen LogP contribution in [0.3, 0.4) is 0 Å². The largest absolute Gasteiger partial charge is 0.465 e. The van der Waals surface area contributed by atoms with Gasteiger partial charge in [0, 0.05) is 11.6 Å². The minimum atomic E-state index is -0.574. The summed E-state index contributed by atoms with van der Waals surface area (Å²) in [7, 11) is 1.28. The molecular weight excluding hydrogens is 388 g/mol. The molecule has 2 amide bonds. The van der Waals surface area contributed by atoms with Gasteiger partial charge in [-0.1, -0.05) is 37.0 Å². The van der Waals surface area contributed by atoms with E-state index in [1.54, 1.807) is 19.1 Å². The molecule has 0 radical (unpaired) electrons. The van der Waals surface area contributed by atoms with Gasteiger partial charge >= 0.3 is 5.97 Å². The second-order valence-electron chi connectivity index (χ2n) is 7.38. The van der Waals surface area contributed by atoms with Crippen LogP contribution in [0, 0.1) is 13.8 Å². The topological polar surface area (TPSA) is 84.5 Å². The molecule has 1 aliphatic carbocycles. The Bertz CT molecular complexity index is 912. The van der Waals surface area contributed by atoms with E-state index in [-0.39, 0.29) is 23.4 Å². The zero-order valence-corrected chi connectivity index (χ0v) is 17.8. The number of benzene rings is 1. The third-order valence-corrected chi connectivity index (χ3v) is 6.43. The smallest absolute Gasteiger partial charge is 0.341 e. The predicted molar refractivity (Wildman–Crippen MR) is 114 cm³/mol. The molecule has 2 aromatic rings. The molecule has 7 heteroatoms. The SMILES string of the molecule is COC(=O)c1c(NC(=O)c2ccc(C)cc2)sc(C(=O)NC2CCCCC2)c1C. The highest BCUT2D eigenvalue weighted by molar-refractivity contribution is 7.18. The van der Waals surface area contributed by atoms with Gasteiger partial charge in [0.15, 0.2) is 0 Å². The number of hydrogen-bond acceptors (Lipinski definition) is 5. The fraction of sp³-hybridized carbons (Fsp3) is 0.409. The fourth-order valence-corrected chi connectivity index (χ4v) is 4.64. The lowest BCUT2D eigenvalue weighted by Crippen LogP contribution is -2.36. The van der Waals surface area contributed by atoms with Crippen LogP contribution in [0.25, 0.3) is 0 Å². The monoisotopic (exact) mass is 414 g/mol. The van der Waals surface area contributed by atoms with E-state index in [1.165, 1.54) is 13.5 Å². The first-order valence-electron chi connectivity index (χ1n) is 9.81. The Balaban J connectivity index is 1.86. The van der Waals surface area contributed by atoms with Crippen LogP contribution in [0.5, 0.6) is 0 Å². The number of carbonyl (C=O) groups is 3. The molecule has 0 spiro atoms. The van der Waals surface area contributed by atoms with Gasteiger partial charge in [-0.2, -0.15) is 0 Å². The van der Waals surface area contributed by atoms with E-state index in [4.69, 9.17) is 4.74 Å². The van der Waals surface area contributed by atoms with Crippen molar-refractivity contribution in [1.29, 1.82) is 0 Å². The number of rotatable bonds is 5. The Morgan fingerprint density at radius 2 is 1.66 bits per heavy atom. The Labute approximate surface area is 174 Å². The lowest BCUT2D eigenvalue weighted by Gasteiger charge is -2.22. The molecular formula is C22H26N2O4S. The normalized spacial score (nSPS) is 14.3. The number of hydrogen-bond donors (Lipinski definition) is 2. The lowest BCUT2D eigenvalue weighted by atomic mass is 9.95. The average molecular weight is 415 g/mol. The molecule has 1 aromatic heterocycles. The number of carbonyl (C=O) groups excluding carboxylic acids is 3. The summed E-state index contributed by atoms with van der Waals surface area (Å²) in [4.78, 5) is 38.2. The third-order valence-electron chi connectivity index (χ3n) is 5.22. The summed E-state index contributed by atoms with van der Waals surface area (Å²) < 4.78 is 4.89. The number of esters is 1. The molecule has 29 heavy (non-hydrogen) atoms.